The molecule has 0 radical (unpaired) electrons. The lowest BCUT2D eigenvalue weighted by Gasteiger charge is -2.34. The maximum absolute atomic E-state index is 13.3. The van der Waals surface area contributed by atoms with Crippen molar-refractivity contribution >= 4 is 21.6 Å². The minimum atomic E-state index is -3.69. The van der Waals surface area contributed by atoms with Gasteiger partial charge in [-0.1, -0.05) is 24.3 Å². The standard InChI is InChI=1S/C29H31N3O6S/c1-21-16-24(39(34,35)32-11-10-23-4-2-3-5-25(23)32)7-9-26(21)36-19-29(33)31-14-12-30(13-15-31)18-22-6-8-27-28(17-22)38-20-37-27/h2-9,16-17H,10-15,18-20H2,1H3. The molecule has 204 valence electrons. The van der Waals surface area contributed by atoms with E-state index in [4.69, 9.17) is 14.2 Å². The zero-order valence-electron chi connectivity index (χ0n) is 21.8. The SMILES string of the molecule is Cc1cc(S(=O)(=O)N2CCc3ccccc32)ccc1OCC(=O)N1CCN(Cc2ccc3c(c2)OCO3)CC1. The number of ether oxygens (including phenoxy) is 3. The Morgan fingerprint density at radius 2 is 1.72 bits per heavy atom. The maximum atomic E-state index is 13.3. The summed E-state index contributed by atoms with van der Waals surface area (Å²) in [5.74, 6) is 1.98. The maximum Gasteiger partial charge on any atom is 0.264 e. The monoisotopic (exact) mass is 549 g/mol. The van der Waals surface area contributed by atoms with E-state index in [0.29, 0.717) is 37.4 Å². The van der Waals surface area contributed by atoms with Crippen LogP contribution in [0.2, 0.25) is 0 Å². The van der Waals surface area contributed by atoms with Gasteiger partial charge in [0.25, 0.3) is 15.9 Å². The minimum absolute atomic E-state index is 0.0810. The normalized spacial score (nSPS) is 16.8. The van der Waals surface area contributed by atoms with Gasteiger partial charge in [0.05, 0.1) is 10.6 Å². The van der Waals surface area contributed by atoms with Gasteiger partial charge >= 0.3 is 0 Å². The number of piperazine rings is 1. The molecule has 3 aliphatic heterocycles. The molecule has 3 aromatic carbocycles. The smallest absolute Gasteiger partial charge is 0.264 e. The predicted molar refractivity (Wildman–Crippen MR) is 146 cm³/mol. The third-order valence-corrected chi connectivity index (χ3v) is 9.31. The van der Waals surface area contributed by atoms with Crippen LogP contribution in [0.5, 0.6) is 17.2 Å². The molecule has 3 aliphatic rings. The highest BCUT2D eigenvalue weighted by molar-refractivity contribution is 7.92. The number of carbonyl (C=O) groups is 1. The fraction of sp³-hybridized carbons (Fsp3) is 0.345. The molecule has 0 saturated carbocycles. The van der Waals surface area contributed by atoms with Crippen molar-refractivity contribution in [3.63, 3.8) is 0 Å². The highest BCUT2D eigenvalue weighted by Crippen LogP contribution is 2.34. The Labute approximate surface area is 228 Å². The average molecular weight is 550 g/mol. The minimum Gasteiger partial charge on any atom is -0.483 e. The summed E-state index contributed by atoms with van der Waals surface area (Å²) >= 11 is 0. The number of rotatable bonds is 7. The highest BCUT2D eigenvalue weighted by atomic mass is 32.2. The molecule has 0 atom stereocenters. The molecule has 10 heteroatoms. The van der Waals surface area contributed by atoms with Crippen LogP contribution in [-0.2, 0) is 27.8 Å². The van der Waals surface area contributed by atoms with Gasteiger partial charge < -0.3 is 19.1 Å². The summed E-state index contributed by atoms with van der Waals surface area (Å²) in [4.78, 5) is 17.2. The first-order valence-corrected chi connectivity index (χ1v) is 14.6. The second-order valence-electron chi connectivity index (χ2n) is 10.0. The molecular formula is C29H31N3O6S. The molecule has 6 rings (SSSR count). The summed E-state index contributed by atoms with van der Waals surface area (Å²) < 4.78 is 44.8. The van der Waals surface area contributed by atoms with Gasteiger partial charge in [-0.15, -0.1) is 0 Å². The first-order valence-electron chi connectivity index (χ1n) is 13.1. The van der Waals surface area contributed by atoms with E-state index in [-0.39, 0.29) is 24.2 Å². The van der Waals surface area contributed by atoms with Gasteiger partial charge in [0.2, 0.25) is 6.79 Å². The molecule has 0 aromatic heterocycles. The molecule has 0 N–H and O–H groups in total. The number of sulfonamides is 1. The fourth-order valence-electron chi connectivity index (χ4n) is 5.31. The molecule has 0 unspecified atom stereocenters. The van der Waals surface area contributed by atoms with Crippen LogP contribution in [0.1, 0.15) is 16.7 Å². The fourth-order valence-corrected chi connectivity index (χ4v) is 6.90. The van der Waals surface area contributed by atoms with E-state index < -0.39 is 10.0 Å². The zero-order chi connectivity index (χ0) is 27.0. The van der Waals surface area contributed by atoms with Crippen LogP contribution in [-0.4, -0.2) is 70.2 Å². The van der Waals surface area contributed by atoms with Crippen LogP contribution in [0.3, 0.4) is 0 Å². The molecule has 0 aliphatic carbocycles. The van der Waals surface area contributed by atoms with Crippen molar-refractivity contribution in [1.29, 1.82) is 0 Å². The van der Waals surface area contributed by atoms with Crippen LogP contribution in [0.15, 0.2) is 65.6 Å². The van der Waals surface area contributed by atoms with Crippen molar-refractivity contribution in [2.45, 2.75) is 24.8 Å². The van der Waals surface area contributed by atoms with Crippen molar-refractivity contribution in [2.24, 2.45) is 0 Å². The molecule has 3 heterocycles. The summed E-state index contributed by atoms with van der Waals surface area (Å²) in [6, 6.07) is 18.4. The summed E-state index contributed by atoms with van der Waals surface area (Å²) in [6.45, 7) is 5.97. The molecule has 39 heavy (non-hydrogen) atoms. The topological polar surface area (TPSA) is 88.6 Å². The third kappa shape index (κ3) is 5.14. The van der Waals surface area contributed by atoms with Crippen LogP contribution in [0, 0.1) is 6.92 Å². The molecule has 0 spiro atoms. The third-order valence-electron chi connectivity index (χ3n) is 7.50. The molecule has 1 amide bonds. The van der Waals surface area contributed by atoms with E-state index in [1.165, 1.54) is 4.31 Å². The van der Waals surface area contributed by atoms with Gasteiger partial charge in [-0.05, 0) is 66.4 Å². The Hall–Kier alpha value is -3.76. The first kappa shape index (κ1) is 25.5. The van der Waals surface area contributed by atoms with Crippen LogP contribution in [0.4, 0.5) is 5.69 Å². The van der Waals surface area contributed by atoms with E-state index in [2.05, 4.69) is 4.90 Å². The van der Waals surface area contributed by atoms with Crippen LogP contribution < -0.4 is 18.5 Å². The molecule has 0 bridgehead atoms. The number of hydrogen-bond acceptors (Lipinski definition) is 7. The Morgan fingerprint density at radius 3 is 2.54 bits per heavy atom. The average Bonchev–Trinajstić information content (AvgIpc) is 3.60. The molecule has 1 saturated heterocycles. The number of carbonyl (C=O) groups excluding carboxylic acids is 1. The summed E-state index contributed by atoms with van der Waals surface area (Å²) in [5, 5.41) is 0. The molecule has 3 aromatic rings. The van der Waals surface area contributed by atoms with Crippen LogP contribution >= 0.6 is 0 Å². The summed E-state index contributed by atoms with van der Waals surface area (Å²) in [6.07, 6.45) is 0.699. The first-order chi connectivity index (χ1) is 18.9. The molecule has 9 nitrogen and oxygen atoms in total. The van der Waals surface area contributed by atoms with E-state index in [1.54, 1.807) is 25.1 Å². The van der Waals surface area contributed by atoms with Gasteiger partial charge in [-0.3, -0.25) is 14.0 Å². The number of hydrogen-bond donors (Lipinski definition) is 0. The summed E-state index contributed by atoms with van der Waals surface area (Å²) in [5.41, 5.74) is 3.59. The van der Waals surface area contributed by atoms with Crippen molar-refractivity contribution in [1.82, 2.24) is 9.80 Å². The number of para-hydroxylation sites is 1. The Balaban J connectivity index is 1.02. The lowest BCUT2D eigenvalue weighted by molar-refractivity contribution is -0.135. The van der Waals surface area contributed by atoms with Gasteiger partial charge in [0, 0.05) is 39.3 Å². The lowest BCUT2D eigenvalue weighted by Crippen LogP contribution is -2.49. The van der Waals surface area contributed by atoms with Crippen molar-refractivity contribution in [3.8, 4) is 17.2 Å². The zero-order valence-corrected chi connectivity index (χ0v) is 22.7. The lowest BCUT2D eigenvalue weighted by atomic mass is 10.1. The van der Waals surface area contributed by atoms with Gasteiger partial charge in [-0.25, -0.2) is 8.42 Å². The second-order valence-corrected chi connectivity index (χ2v) is 11.9. The number of aryl methyl sites for hydroxylation is 1. The van der Waals surface area contributed by atoms with Crippen molar-refractivity contribution in [3.05, 3.63) is 77.4 Å². The van der Waals surface area contributed by atoms with Gasteiger partial charge in [0.15, 0.2) is 18.1 Å². The van der Waals surface area contributed by atoms with Crippen molar-refractivity contribution in [2.75, 3.05) is 50.4 Å². The highest BCUT2D eigenvalue weighted by Gasteiger charge is 2.31. The van der Waals surface area contributed by atoms with E-state index >= 15 is 0 Å². The Bertz CT molecular complexity index is 1500. The van der Waals surface area contributed by atoms with Crippen LogP contribution in [0.25, 0.3) is 0 Å². The van der Waals surface area contributed by atoms with E-state index in [1.807, 2.05) is 47.4 Å². The Morgan fingerprint density at radius 1 is 0.923 bits per heavy atom. The second kappa shape index (κ2) is 10.4. The van der Waals surface area contributed by atoms with E-state index in [0.717, 1.165) is 47.9 Å². The molecule has 1 fully saturated rings. The molecular weight excluding hydrogens is 518 g/mol. The number of fused-ring (bicyclic) bond motifs is 2. The number of nitrogens with zero attached hydrogens (tertiary/aromatic N) is 3. The van der Waals surface area contributed by atoms with Gasteiger partial charge in [-0.2, -0.15) is 0 Å². The predicted octanol–water partition coefficient (Wildman–Crippen LogP) is 3.20. The number of benzene rings is 3. The van der Waals surface area contributed by atoms with E-state index in [9.17, 15) is 13.2 Å². The summed E-state index contributed by atoms with van der Waals surface area (Å²) in [7, 11) is -3.69. The van der Waals surface area contributed by atoms with Gasteiger partial charge in [0.1, 0.15) is 5.75 Å². The number of anilines is 1. The Kier molecular flexibility index (Phi) is 6.82. The largest absolute Gasteiger partial charge is 0.483 e. The van der Waals surface area contributed by atoms with Crippen molar-refractivity contribution < 1.29 is 27.4 Å². The quantitative estimate of drug-likeness (QED) is 0.447. The number of amides is 1.